The van der Waals surface area contributed by atoms with E-state index in [1.54, 1.807) is 12.1 Å². The number of rotatable bonds is 4. The minimum absolute atomic E-state index is 0.177. The van der Waals surface area contributed by atoms with Gasteiger partial charge in [-0.3, -0.25) is 0 Å². The number of nitrogens with two attached hydrogens (primary N) is 1. The van der Waals surface area contributed by atoms with Crippen molar-refractivity contribution in [3.63, 3.8) is 0 Å². The summed E-state index contributed by atoms with van der Waals surface area (Å²) >= 11 is 3.38. The molecule has 0 aliphatic carbocycles. The molecular formula is C15H16BrFN2. The molecule has 0 aromatic heterocycles. The monoisotopic (exact) mass is 322 g/mol. The molecule has 0 heterocycles. The average Bonchev–Trinajstić information content (AvgIpc) is 2.44. The van der Waals surface area contributed by atoms with Crippen LogP contribution in [0.1, 0.15) is 22.7 Å². The summed E-state index contributed by atoms with van der Waals surface area (Å²) in [5.74, 6) is -0.217. The van der Waals surface area contributed by atoms with Gasteiger partial charge in [0.05, 0.1) is 6.04 Å². The van der Waals surface area contributed by atoms with E-state index in [4.69, 9.17) is 5.73 Å². The normalized spacial score (nSPS) is 12.4. The fraction of sp³-hybridized carbons (Fsp3) is 0.200. The van der Waals surface area contributed by atoms with E-state index in [0.29, 0.717) is 12.1 Å². The highest BCUT2D eigenvalue weighted by atomic mass is 79.9. The molecule has 3 N–H and O–H groups in total. The molecular weight excluding hydrogens is 307 g/mol. The minimum Gasteiger partial charge on any atom is -0.326 e. The number of halogens is 2. The van der Waals surface area contributed by atoms with Gasteiger partial charge < -0.3 is 11.1 Å². The Hall–Kier alpha value is -1.23. The van der Waals surface area contributed by atoms with E-state index in [-0.39, 0.29) is 11.9 Å². The van der Waals surface area contributed by atoms with Gasteiger partial charge >= 0.3 is 0 Å². The third-order valence-corrected chi connectivity index (χ3v) is 3.60. The van der Waals surface area contributed by atoms with Crippen molar-refractivity contribution in [1.29, 1.82) is 0 Å². The molecule has 100 valence electrons. The molecule has 2 nitrogen and oxygen atoms in total. The second-order valence-corrected chi connectivity index (χ2v) is 5.25. The first-order chi connectivity index (χ1) is 9.15. The lowest BCUT2D eigenvalue weighted by Crippen LogP contribution is -2.19. The van der Waals surface area contributed by atoms with Gasteiger partial charge in [0.25, 0.3) is 0 Å². The zero-order valence-electron chi connectivity index (χ0n) is 10.7. The van der Waals surface area contributed by atoms with Crippen molar-refractivity contribution in [1.82, 2.24) is 5.32 Å². The average molecular weight is 323 g/mol. The molecule has 4 heteroatoms. The molecule has 0 spiro atoms. The smallest absolute Gasteiger partial charge is 0.128 e. The van der Waals surface area contributed by atoms with Gasteiger partial charge in [-0.2, -0.15) is 0 Å². The summed E-state index contributed by atoms with van der Waals surface area (Å²) in [5, 5.41) is 3.15. The fourth-order valence-electron chi connectivity index (χ4n) is 2.08. The first-order valence-electron chi connectivity index (χ1n) is 6.07. The van der Waals surface area contributed by atoms with Gasteiger partial charge in [0.2, 0.25) is 0 Å². The Morgan fingerprint density at radius 1 is 1.21 bits per heavy atom. The highest BCUT2D eigenvalue weighted by Gasteiger charge is 2.16. The van der Waals surface area contributed by atoms with Gasteiger partial charge in [-0.1, -0.05) is 40.2 Å². The van der Waals surface area contributed by atoms with Crippen LogP contribution < -0.4 is 11.1 Å². The zero-order chi connectivity index (χ0) is 13.8. The third-order valence-electron chi connectivity index (χ3n) is 3.11. The molecule has 1 unspecified atom stereocenters. The molecule has 2 aromatic carbocycles. The van der Waals surface area contributed by atoms with Gasteiger partial charge in [-0.05, 0) is 36.4 Å². The molecule has 19 heavy (non-hydrogen) atoms. The molecule has 1 atom stereocenters. The van der Waals surface area contributed by atoms with E-state index in [1.807, 2.05) is 31.3 Å². The Labute approximate surface area is 121 Å². The first-order valence-corrected chi connectivity index (χ1v) is 6.86. The van der Waals surface area contributed by atoms with Crippen molar-refractivity contribution < 1.29 is 4.39 Å². The van der Waals surface area contributed by atoms with Crippen LogP contribution in [-0.4, -0.2) is 7.05 Å². The van der Waals surface area contributed by atoms with Crippen molar-refractivity contribution in [2.75, 3.05) is 7.05 Å². The molecule has 0 bridgehead atoms. The maximum atomic E-state index is 14.0. The lowest BCUT2D eigenvalue weighted by atomic mass is 9.97. The Bertz CT molecular complexity index is 555. The summed E-state index contributed by atoms with van der Waals surface area (Å²) < 4.78 is 14.8. The maximum Gasteiger partial charge on any atom is 0.128 e. The number of benzene rings is 2. The van der Waals surface area contributed by atoms with E-state index in [1.165, 1.54) is 6.07 Å². The molecule has 0 aliphatic heterocycles. The van der Waals surface area contributed by atoms with Crippen LogP contribution in [0.25, 0.3) is 0 Å². The van der Waals surface area contributed by atoms with Gasteiger partial charge in [-0.15, -0.1) is 0 Å². The predicted octanol–water partition coefficient (Wildman–Crippen LogP) is 3.36. The van der Waals surface area contributed by atoms with Crippen molar-refractivity contribution in [2.45, 2.75) is 12.6 Å². The summed E-state index contributed by atoms with van der Waals surface area (Å²) in [6, 6.07) is 12.7. The minimum atomic E-state index is -0.217. The van der Waals surface area contributed by atoms with Gasteiger partial charge in [0.1, 0.15) is 5.82 Å². The van der Waals surface area contributed by atoms with E-state index >= 15 is 0 Å². The molecule has 2 rings (SSSR count). The van der Waals surface area contributed by atoms with Crippen molar-refractivity contribution in [2.24, 2.45) is 5.73 Å². The summed E-state index contributed by atoms with van der Waals surface area (Å²) in [5.41, 5.74) is 8.28. The topological polar surface area (TPSA) is 38.0 Å². The Balaban J connectivity index is 2.40. The molecule has 0 aliphatic rings. The van der Waals surface area contributed by atoms with E-state index in [9.17, 15) is 4.39 Å². The number of hydrogen-bond donors (Lipinski definition) is 2. The first kappa shape index (κ1) is 14.2. The molecule has 0 saturated carbocycles. The van der Waals surface area contributed by atoms with E-state index in [2.05, 4.69) is 21.2 Å². The van der Waals surface area contributed by atoms with Crippen LogP contribution in [-0.2, 0) is 6.54 Å². The highest BCUT2D eigenvalue weighted by Crippen LogP contribution is 2.27. The van der Waals surface area contributed by atoms with Crippen LogP contribution in [0.4, 0.5) is 4.39 Å². The fourth-order valence-corrected chi connectivity index (χ4v) is 2.46. The van der Waals surface area contributed by atoms with Crippen LogP contribution in [0.3, 0.4) is 0 Å². The molecule has 2 aromatic rings. The van der Waals surface area contributed by atoms with E-state index in [0.717, 1.165) is 15.6 Å². The Kier molecular flexibility index (Phi) is 4.69. The largest absolute Gasteiger partial charge is 0.326 e. The zero-order valence-corrected chi connectivity index (χ0v) is 12.2. The van der Waals surface area contributed by atoms with Crippen LogP contribution in [0.15, 0.2) is 46.9 Å². The lowest BCUT2D eigenvalue weighted by molar-refractivity contribution is 0.575. The number of nitrogens with one attached hydrogen (secondary N) is 1. The van der Waals surface area contributed by atoms with Crippen LogP contribution in [0, 0.1) is 5.82 Å². The number of hydrogen-bond acceptors (Lipinski definition) is 2. The third kappa shape index (κ3) is 3.21. The molecule has 0 saturated heterocycles. The lowest BCUT2D eigenvalue weighted by Gasteiger charge is -2.18. The Morgan fingerprint density at radius 2 is 1.89 bits per heavy atom. The maximum absolute atomic E-state index is 14.0. The second-order valence-electron chi connectivity index (χ2n) is 4.33. The SMILES string of the molecule is CNC(c1ccc(CN)cc1)c1cc(Br)ccc1F. The standard InChI is InChI=1S/C15H16BrFN2/c1-19-15(11-4-2-10(9-18)3-5-11)13-8-12(16)6-7-14(13)17/h2-8,15,19H,9,18H2,1H3. The quantitative estimate of drug-likeness (QED) is 0.905. The van der Waals surface area contributed by atoms with Crippen molar-refractivity contribution in [3.8, 4) is 0 Å². The van der Waals surface area contributed by atoms with Gasteiger partial charge in [-0.25, -0.2) is 4.39 Å². The summed E-state index contributed by atoms with van der Waals surface area (Å²) in [7, 11) is 1.82. The van der Waals surface area contributed by atoms with Crippen molar-refractivity contribution >= 4 is 15.9 Å². The van der Waals surface area contributed by atoms with Crippen LogP contribution in [0.5, 0.6) is 0 Å². The molecule has 0 amide bonds. The van der Waals surface area contributed by atoms with Crippen molar-refractivity contribution in [3.05, 3.63) is 69.4 Å². The Morgan fingerprint density at radius 3 is 2.47 bits per heavy atom. The molecule has 0 fully saturated rings. The highest BCUT2D eigenvalue weighted by molar-refractivity contribution is 9.10. The molecule has 0 radical (unpaired) electrons. The van der Waals surface area contributed by atoms with Crippen LogP contribution >= 0.6 is 15.9 Å². The second kappa shape index (κ2) is 6.28. The van der Waals surface area contributed by atoms with Gasteiger partial charge in [0.15, 0.2) is 0 Å². The summed E-state index contributed by atoms with van der Waals surface area (Å²) in [4.78, 5) is 0. The summed E-state index contributed by atoms with van der Waals surface area (Å²) in [6.07, 6.45) is 0. The van der Waals surface area contributed by atoms with Gasteiger partial charge in [0, 0.05) is 16.6 Å². The van der Waals surface area contributed by atoms with Crippen LogP contribution in [0.2, 0.25) is 0 Å². The summed E-state index contributed by atoms with van der Waals surface area (Å²) in [6.45, 7) is 0.510. The van der Waals surface area contributed by atoms with E-state index < -0.39 is 0 Å². The predicted molar refractivity (Wildman–Crippen MR) is 79.3 cm³/mol.